The summed E-state index contributed by atoms with van der Waals surface area (Å²) in [6, 6.07) is 0. The van der Waals surface area contributed by atoms with Crippen LogP contribution in [0.15, 0.2) is 0 Å². The van der Waals surface area contributed by atoms with Gasteiger partial charge < -0.3 is 10.4 Å². The molecule has 0 aromatic rings. The van der Waals surface area contributed by atoms with Crippen molar-refractivity contribution in [1.29, 1.82) is 0 Å². The summed E-state index contributed by atoms with van der Waals surface area (Å²) < 4.78 is 0. The Balaban J connectivity index is 4.00. The third kappa shape index (κ3) is 9.82. The maximum atomic E-state index is 12.2. The molecule has 0 fully saturated rings. The topological polar surface area (TPSA) is 66.4 Å². The highest BCUT2D eigenvalue weighted by Crippen LogP contribution is 2.28. The normalized spacial score (nSPS) is 13.3. The third-order valence-electron chi connectivity index (χ3n) is 3.34. The standard InChI is InChI=1S/C16H31NO3/c1-12(2)13(11-16(3,4)5)15(20)17-10-8-6-7-9-14(18)19/h12-13H,6-11H2,1-5H3,(H,17,20)(H,18,19). The molecule has 0 radical (unpaired) electrons. The first-order chi connectivity index (χ1) is 9.13. The number of amides is 1. The van der Waals surface area contributed by atoms with E-state index in [1.165, 1.54) is 0 Å². The van der Waals surface area contributed by atoms with E-state index in [0.717, 1.165) is 19.3 Å². The van der Waals surface area contributed by atoms with E-state index in [4.69, 9.17) is 5.11 Å². The van der Waals surface area contributed by atoms with Crippen LogP contribution in [0.3, 0.4) is 0 Å². The molecule has 0 aromatic carbocycles. The number of rotatable bonds is 9. The van der Waals surface area contributed by atoms with Crippen molar-refractivity contribution in [1.82, 2.24) is 5.32 Å². The summed E-state index contributed by atoms with van der Waals surface area (Å²) >= 11 is 0. The van der Waals surface area contributed by atoms with Gasteiger partial charge in [0.05, 0.1) is 0 Å². The fourth-order valence-corrected chi connectivity index (χ4v) is 2.21. The molecule has 0 aliphatic heterocycles. The van der Waals surface area contributed by atoms with Crippen LogP contribution in [0.25, 0.3) is 0 Å². The molecule has 4 heteroatoms. The van der Waals surface area contributed by atoms with E-state index >= 15 is 0 Å². The quantitative estimate of drug-likeness (QED) is 0.638. The lowest BCUT2D eigenvalue weighted by Crippen LogP contribution is -2.36. The van der Waals surface area contributed by atoms with Crippen molar-refractivity contribution in [3.8, 4) is 0 Å². The van der Waals surface area contributed by atoms with Gasteiger partial charge in [-0.3, -0.25) is 9.59 Å². The number of hydrogen-bond donors (Lipinski definition) is 2. The first kappa shape index (κ1) is 18.9. The van der Waals surface area contributed by atoms with Crippen molar-refractivity contribution >= 4 is 11.9 Å². The number of aliphatic carboxylic acids is 1. The lowest BCUT2D eigenvalue weighted by molar-refractivity contribution is -0.137. The summed E-state index contributed by atoms with van der Waals surface area (Å²) in [5, 5.41) is 11.5. The van der Waals surface area contributed by atoms with Gasteiger partial charge in [-0.2, -0.15) is 0 Å². The van der Waals surface area contributed by atoms with Crippen molar-refractivity contribution in [3.05, 3.63) is 0 Å². The maximum Gasteiger partial charge on any atom is 0.303 e. The van der Waals surface area contributed by atoms with Gasteiger partial charge in [-0.05, 0) is 30.6 Å². The first-order valence-corrected chi connectivity index (χ1v) is 7.63. The van der Waals surface area contributed by atoms with Crippen LogP contribution in [-0.4, -0.2) is 23.5 Å². The van der Waals surface area contributed by atoms with Crippen LogP contribution >= 0.6 is 0 Å². The van der Waals surface area contributed by atoms with E-state index in [1.807, 2.05) is 0 Å². The molecule has 2 N–H and O–H groups in total. The van der Waals surface area contributed by atoms with E-state index < -0.39 is 5.97 Å². The molecule has 0 saturated heterocycles. The number of hydrogen-bond acceptors (Lipinski definition) is 2. The van der Waals surface area contributed by atoms with Gasteiger partial charge in [0.2, 0.25) is 5.91 Å². The zero-order valence-corrected chi connectivity index (χ0v) is 13.7. The summed E-state index contributed by atoms with van der Waals surface area (Å²) in [5.41, 5.74) is 0.147. The Morgan fingerprint density at radius 2 is 1.70 bits per heavy atom. The van der Waals surface area contributed by atoms with Gasteiger partial charge in [0.1, 0.15) is 0 Å². The Morgan fingerprint density at radius 3 is 2.15 bits per heavy atom. The average molecular weight is 285 g/mol. The first-order valence-electron chi connectivity index (χ1n) is 7.63. The van der Waals surface area contributed by atoms with Crippen LogP contribution in [0.1, 0.15) is 66.7 Å². The molecule has 1 amide bonds. The molecule has 118 valence electrons. The van der Waals surface area contributed by atoms with Crippen molar-refractivity contribution < 1.29 is 14.7 Å². The fourth-order valence-electron chi connectivity index (χ4n) is 2.21. The number of carbonyl (C=O) groups is 2. The van der Waals surface area contributed by atoms with Gasteiger partial charge in [0, 0.05) is 18.9 Å². The molecule has 0 saturated carbocycles. The number of carboxylic acids is 1. The Bertz CT molecular complexity index is 305. The average Bonchev–Trinajstić information content (AvgIpc) is 2.28. The van der Waals surface area contributed by atoms with Crippen LogP contribution in [0.2, 0.25) is 0 Å². The lowest BCUT2D eigenvalue weighted by atomic mass is 9.79. The van der Waals surface area contributed by atoms with E-state index in [-0.39, 0.29) is 23.7 Å². The molecule has 0 aromatic heterocycles. The summed E-state index contributed by atoms with van der Waals surface area (Å²) in [5.74, 6) is -0.234. The smallest absolute Gasteiger partial charge is 0.303 e. The Kier molecular flexibility index (Phi) is 8.51. The van der Waals surface area contributed by atoms with Crippen molar-refractivity contribution in [2.45, 2.75) is 66.7 Å². The highest BCUT2D eigenvalue weighted by atomic mass is 16.4. The van der Waals surface area contributed by atoms with Gasteiger partial charge >= 0.3 is 5.97 Å². The molecule has 0 spiro atoms. The van der Waals surface area contributed by atoms with Gasteiger partial charge in [0.25, 0.3) is 0 Å². The largest absolute Gasteiger partial charge is 0.481 e. The molecule has 0 bridgehead atoms. The monoisotopic (exact) mass is 285 g/mol. The Labute approximate surface area is 123 Å². The Morgan fingerprint density at radius 1 is 1.10 bits per heavy atom. The molecule has 20 heavy (non-hydrogen) atoms. The van der Waals surface area contributed by atoms with Gasteiger partial charge in [0.15, 0.2) is 0 Å². The van der Waals surface area contributed by atoms with E-state index in [9.17, 15) is 9.59 Å². The summed E-state index contributed by atoms with van der Waals surface area (Å²) in [6.07, 6.45) is 3.47. The maximum absolute atomic E-state index is 12.2. The van der Waals surface area contributed by atoms with Gasteiger partial charge in [-0.25, -0.2) is 0 Å². The second-order valence-electron chi connectivity index (χ2n) is 7.11. The van der Waals surface area contributed by atoms with E-state index in [1.54, 1.807) is 0 Å². The zero-order chi connectivity index (χ0) is 15.8. The predicted molar refractivity (Wildman–Crippen MR) is 81.5 cm³/mol. The van der Waals surface area contributed by atoms with Gasteiger partial charge in [-0.15, -0.1) is 0 Å². The number of unbranched alkanes of at least 4 members (excludes halogenated alkanes) is 2. The molecule has 1 atom stereocenters. The summed E-state index contributed by atoms with van der Waals surface area (Å²) in [4.78, 5) is 22.6. The minimum Gasteiger partial charge on any atom is -0.481 e. The minimum atomic E-state index is -0.751. The second kappa shape index (κ2) is 8.98. The second-order valence-corrected chi connectivity index (χ2v) is 7.11. The molecule has 1 unspecified atom stereocenters. The van der Waals surface area contributed by atoms with Crippen molar-refractivity contribution in [2.75, 3.05) is 6.54 Å². The van der Waals surface area contributed by atoms with Crippen LogP contribution in [0.4, 0.5) is 0 Å². The highest BCUT2D eigenvalue weighted by molar-refractivity contribution is 5.78. The molecular weight excluding hydrogens is 254 g/mol. The Hall–Kier alpha value is -1.06. The molecular formula is C16H31NO3. The lowest BCUT2D eigenvalue weighted by Gasteiger charge is -2.28. The van der Waals surface area contributed by atoms with Crippen LogP contribution in [0, 0.1) is 17.3 Å². The SMILES string of the molecule is CC(C)C(CC(C)(C)C)C(=O)NCCCCCC(=O)O. The zero-order valence-electron chi connectivity index (χ0n) is 13.7. The number of nitrogens with one attached hydrogen (secondary N) is 1. The summed E-state index contributed by atoms with van der Waals surface area (Å²) in [7, 11) is 0. The molecule has 4 nitrogen and oxygen atoms in total. The number of carboxylic acid groups (broad SMARTS) is 1. The minimum absolute atomic E-state index is 0.0500. The third-order valence-corrected chi connectivity index (χ3v) is 3.34. The highest BCUT2D eigenvalue weighted by Gasteiger charge is 2.27. The molecule has 0 aliphatic rings. The predicted octanol–water partition coefficient (Wildman–Crippen LogP) is 3.46. The molecule has 0 heterocycles. The number of carbonyl (C=O) groups excluding carboxylic acids is 1. The van der Waals surface area contributed by atoms with Crippen LogP contribution in [0.5, 0.6) is 0 Å². The van der Waals surface area contributed by atoms with E-state index in [2.05, 4.69) is 39.9 Å². The van der Waals surface area contributed by atoms with Crippen molar-refractivity contribution in [3.63, 3.8) is 0 Å². The summed E-state index contributed by atoms with van der Waals surface area (Å²) in [6.45, 7) is 11.3. The van der Waals surface area contributed by atoms with Crippen molar-refractivity contribution in [2.24, 2.45) is 17.3 Å². The van der Waals surface area contributed by atoms with E-state index in [0.29, 0.717) is 18.9 Å². The van der Waals surface area contributed by atoms with Crippen LogP contribution < -0.4 is 5.32 Å². The molecule has 0 aliphatic carbocycles. The van der Waals surface area contributed by atoms with Gasteiger partial charge in [-0.1, -0.05) is 41.0 Å². The van der Waals surface area contributed by atoms with Crippen LogP contribution in [-0.2, 0) is 9.59 Å². The fraction of sp³-hybridized carbons (Fsp3) is 0.875. The molecule has 0 rings (SSSR count).